The van der Waals surface area contributed by atoms with Crippen LogP contribution in [0.15, 0.2) is 53.4 Å². The molecular formula is C20H22N2O4S. The maximum Gasteiger partial charge on any atom is 0.254 e. The average molecular weight is 386 g/mol. The van der Waals surface area contributed by atoms with Crippen LogP contribution in [0.25, 0.3) is 0 Å². The first-order valence-corrected chi connectivity index (χ1v) is 9.73. The molecule has 0 aliphatic carbocycles. The van der Waals surface area contributed by atoms with Crippen LogP contribution in [0.4, 0.5) is 0 Å². The highest BCUT2D eigenvalue weighted by Crippen LogP contribution is 2.29. The lowest BCUT2D eigenvalue weighted by Gasteiger charge is -2.26. The molecular weight excluding hydrogens is 364 g/mol. The lowest BCUT2D eigenvalue weighted by molar-refractivity contribution is 0.0741. The molecule has 1 unspecified atom stereocenters. The molecule has 27 heavy (non-hydrogen) atoms. The zero-order chi connectivity index (χ0) is 20.0. The van der Waals surface area contributed by atoms with Crippen molar-refractivity contribution in [2.24, 2.45) is 0 Å². The van der Waals surface area contributed by atoms with Crippen molar-refractivity contribution in [1.82, 2.24) is 9.62 Å². The van der Waals surface area contributed by atoms with Crippen LogP contribution in [0.2, 0.25) is 0 Å². The summed E-state index contributed by atoms with van der Waals surface area (Å²) in [5.41, 5.74) is 1.12. The molecule has 1 amide bonds. The van der Waals surface area contributed by atoms with Crippen molar-refractivity contribution < 1.29 is 17.9 Å². The van der Waals surface area contributed by atoms with Gasteiger partial charge in [0.2, 0.25) is 10.0 Å². The van der Waals surface area contributed by atoms with Crippen molar-refractivity contribution in [3.63, 3.8) is 0 Å². The Hall–Kier alpha value is -2.82. The molecule has 0 bridgehead atoms. The molecule has 2 aromatic rings. The van der Waals surface area contributed by atoms with E-state index >= 15 is 0 Å². The van der Waals surface area contributed by atoms with Gasteiger partial charge < -0.3 is 9.64 Å². The molecule has 0 aliphatic heterocycles. The number of nitrogens with one attached hydrogen (secondary N) is 1. The van der Waals surface area contributed by atoms with E-state index in [9.17, 15) is 13.2 Å². The summed E-state index contributed by atoms with van der Waals surface area (Å²) in [5, 5.41) is 0. The van der Waals surface area contributed by atoms with Gasteiger partial charge in [0.1, 0.15) is 5.75 Å². The van der Waals surface area contributed by atoms with Gasteiger partial charge in [-0.2, -0.15) is 4.72 Å². The maximum atomic E-state index is 12.9. The Labute approximate surface area is 160 Å². The average Bonchev–Trinajstić information content (AvgIpc) is 2.70. The van der Waals surface area contributed by atoms with Crippen LogP contribution in [0.1, 0.15) is 28.9 Å². The summed E-state index contributed by atoms with van der Waals surface area (Å²) in [6.45, 7) is 1.76. The smallest absolute Gasteiger partial charge is 0.254 e. The number of hydrogen-bond donors (Lipinski definition) is 1. The van der Waals surface area contributed by atoms with Gasteiger partial charge in [-0.05, 0) is 31.2 Å². The molecule has 0 aliphatic rings. The zero-order valence-corrected chi connectivity index (χ0v) is 16.3. The van der Waals surface area contributed by atoms with Gasteiger partial charge in [-0.25, -0.2) is 8.42 Å². The van der Waals surface area contributed by atoms with Crippen LogP contribution in [0.5, 0.6) is 5.75 Å². The van der Waals surface area contributed by atoms with Gasteiger partial charge in [-0.15, -0.1) is 6.42 Å². The van der Waals surface area contributed by atoms with Crippen molar-refractivity contribution in [3.8, 4) is 18.1 Å². The lowest BCUT2D eigenvalue weighted by Crippen LogP contribution is -2.30. The van der Waals surface area contributed by atoms with E-state index in [1.807, 2.05) is 31.2 Å². The van der Waals surface area contributed by atoms with Gasteiger partial charge in [0.05, 0.1) is 24.6 Å². The van der Waals surface area contributed by atoms with E-state index in [-0.39, 0.29) is 29.0 Å². The SMILES string of the molecule is C#CCNS(=O)(=O)c1cccc(C(=O)N(C)C(C)c2ccccc2OC)c1. The molecule has 0 saturated carbocycles. The number of sulfonamides is 1. The first kappa shape index (κ1) is 20.5. The highest BCUT2D eigenvalue weighted by Gasteiger charge is 2.23. The number of ether oxygens (including phenoxy) is 1. The van der Waals surface area contributed by atoms with E-state index in [0.717, 1.165) is 5.56 Å². The Kier molecular flexibility index (Phi) is 6.61. The minimum atomic E-state index is -3.77. The fraction of sp³-hybridized carbons (Fsp3) is 0.250. The molecule has 2 aromatic carbocycles. The summed E-state index contributed by atoms with van der Waals surface area (Å²) < 4.78 is 32.1. The summed E-state index contributed by atoms with van der Waals surface area (Å²) in [6.07, 6.45) is 5.10. The van der Waals surface area contributed by atoms with Crippen LogP contribution < -0.4 is 9.46 Å². The third-order valence-corrected chi connectivity index (χ3v) is 5.64. The van der Waals surface area contributed by atoms with Gasteiger partial charge in [-0.1, -0.05) is 30.2 Å². The third kappa shape index (κ3) is 4.67. The fourth-order valence-electron chi connectivity index (χ4n) is 2.62. The monoisotopic (exact) mass is 386 g/mol. The number of benzene rings is 2. The molecule has 142 valence electrons. The van der Waals surface area contributed by atoms with E-state index in [2.05, 4.69) is 10.6 Å². The highest BCUT2D eigenvalue weighted by atomic mass is 32.2. The number of amides is 1. The second kappa shape index (κ2) is 8.71. The quantitative estimate of drug-likeness (QED) is 0.742. The Bertz CT molecular complexity index is 964. The van der Waals surface area contributed by atoms with Gasteiger partial charge in [-0.3, -0.25) is 4.79 Å². The number of carbonyl (C=O) groups is 1. The maximum absolute atomic E-state index is 12.9. The largest absolute Gasteiger partial charge is 0.496 e. The van der Waals surface area contributed by atoms with Crippen molar-refractivity contribution in [1.29, 1.82) is 0 Å². The molecule has 7 heteroatoms. The predicted molar refractivity (Wildman–Crippen MR) is 104 cm³/mol. The second-order valence-corrected chi connectivity index (χ2v) is 7.66. The zero-order valence-electron chi connectivity index (χ0n) is 15.5. The fourth-order valence-corrected chi connectivity index (χ4v) is 3.60. The molecule has 2 rings (SSSR count). The first-order valence-electron chi connectivity index (χ1n) is 8.25. The van der Waals surface area contributed by atoms with Crippen molar-refractivity contribution in [2.45, 2.75) is 17.9 Å². The topological polar surface area (TPSA) is 75.7 Å². The summed E-state index contributed by atoms with van der Waals surface area (Å²) in [5.74, 6) is 2.59. The molecule has 0 aromatic heterocycles. The van der Waals surface area contributed by atoms with Crippen molar-refractivity contribution in [2.75, 3.05) is 20.7 Å². The van der Waals surface area contributed by atoms with E-state index < -0.39 is 10.0 Å². The molecule has 0 radical (unpaired) electrons. The number of nitrogens with zero attached hydrogens (tertiary/aromatic N) is 1. The Balaban J connectivity index is 2.29. The first-order chi connectivity index (χ1) is 12.8. The van der Waals surface area contributed by atoms with E-state index in [1.165, 1.54) is 18.2 Å². The van der Waals surface area contributed by atoms with E-state index in [0.29, 0.717) is 5.75 Å². The number of para-hydroxylation sites is 1. The van der Waals surface area contributed by atoms with Gasteiger partial charge in [0, 0.05) is 18.2 Å². The van der Waals surface area contributed by atoms with Crippen LogP contribution in [-0.4, -0.2) is 39.9 Å². The molecule has 0 heterocycles. The number of hydrogen-bond acceptors (Lipinski definition) is 4. The summed E-state index contributed by atoms with van der Waals surface area (Å²) in [4.78, 5) is 14.4. The Morgan fingerprint density at radius 2 is 1.96 bits per heavy atom. The van der Waals surface area contributed by atoms with Gasteiger partial charge in [0.25, 0.3) is 5.91 Å². The third-order valence-electron chi connectivity index (χ3n) is 4.25. The second-order valence-electron chi connectivity index (χ2n) is 5.89. The Morgan fingerprint density at radius 1 is 1.26 bits per heavy atom. The van der Waals surface area contributed by atoms with Crippen LogP contribution in [0.3, 0.4) is 0 Å². The molecule has 0 fully saturated rings. The van der Waals surface area contributed by atoms with Crippen LogP contribution >= 0.6 is 0 Å². The molecule has 6 nitrogen and oxygen atoms in total. The summed E-state index contributed by atoms with van der Waals surface area (Å²) in [6, 6.07) is 13.0. The van der Waals surface area contributed by atoms with Crippen molar-refractivity contribution in [3.05, 3.63) is 59.7 Å². The number of terminal acetylenes is 1. The molecule has 0 saturated heterocycles. The number of rotatable bonds is 7. The van der Waals surface area contributed by atoms with Crippen LogP contribution in [-0.2, 0) is 10.0 Å². The van der Waals surface area contributed by atoms with Crippen molar-refractivity contribution >= 4 is 15.9 Å². The Morgan fingerprint density at radius 3 is 2.63 bits per heavy atom. The highest BCUT2D eigenvalue weighted by molar-refractivity contribution is 7.89. The van der Waals surface area contributed by atoms with E-state index in [4.69, 9.17) is 11.2 Å². The van der Waals surface area contributed by atoms with Crippen LogP contribution in [0, 0.1) is 12.3 Å². The minimum absolute atomic E-state index is 0.0121. The normalized spacial score (nSPS) is 12.1. The molecule has 1 atom stereocenters. The molecule has 0 spiro atoms. The number of methoxy groups -OCH3 is 1. The standard InChI is InChI=1S/C20H22N2O4S/c1-5-13-21-27(24,25)17-10-8-9-16(14-17)20(23)22(3)15(2)18-11-6-7-12-19(18)26-4/h1,6-12,14-15,21H,13H2,2-4H3. The summed E-state index contributed by atoms with van der Waals surface area (Å²) >= 11 is 0. The predicted octanol–water partition coefficient (Wildman–Crippen LogP) is 2.44. The summed E-state index contributed by atoms with van der Waals surface area (Å²) in [7, 11) is -0.532. The minimum Gasteiger partial charge on any atom is -0.496 e. The number of carbonyl (C=O) groups excluding carboxylic acids is 1. The van der Waals surface area contributed by atoms with Gasteiger partial charge >= 0.3 is 0 Å². The van der Waals surface area contributed by atoms with Gasteiger partial charge in [0.15, 0.2) is 0 Å². The molecule has 1 N–H and O–H groups in total. The lowest BCUT2D eigenvalue weighted by atomic mass is 10.0. The van der Waals surface area contributed by atoms with E-state index in [1.54, 1.807) is 25.1 Å².